The normalized spacial score (nSPS) is 13.8. The summed E-state index contributed by atoms with van der Waals surface area (Å²) in [5.74, 6) is 0.383. The molecule has 1 aliphatic rings. The Morgan fingerprint density at radius 1 is 1.07 bits per heavy atom. The molecule has 1 aliphatic heterocycles. The number of anilines is 2. The summed E-state index contributed by atoms with van der Waals surface area (Å²) in [5.41, 5.74) is 8.29. The van der Waals surface area contributed by atoms with Crippen molar-refractivity contribution in [3.8, 4) is 5.75 Å². The number of benzene rings is 2. The molecule has 1 fully saturated rings. The van der Waals surface area contributed by atoms with Crippen LogP contribution in [0.3, 0.4) is 0 Å². The van der Waals surface area contributed by atoms with Crippen LogP contribution in [0.2, 0.25) is 0 Å². The molecule has 0 saturated carbocycles. The average molecular weight is 381 g/mol. The highest BCUT2D eigenvalue weighted by atomic mass is 16.5. The fourth-order valence-electron chi connectivity index (χ4n) is 3.34. The van der Waals surface area contributed by atoms with E-state index in [4.69, 9.17) is 10.5 Å². The largest absolute Gasteiger partial charge is 0.492 e. The van der Waals surface area contributed by atoms with E-state index in [0.29, 0.717) is 29.3 Å². The Morgan fingerprint density at radius 3 is 2.46 bits per heavy atom. The molecule has 0 aliphatic carbocycles. The number of nitrogen functional groups attached to an aromatic ring is 1. The van der Waals surface area contributed by atoms with Crippen LogP contribution in [0.5, 0.6) is 5.75 Å². The van der Waals surface area contributed by atoms with E-state index in [9.17, 15) is 9.59 Å². The Morgan fingerprint density at radius 2 is 1.79 bits per heavy atom. The van der Waals surface area contributed by atoms with Crippen molar-refractivity contribution in [1.29, 1.82) is 0 Å². The first kappa shape index (κ1) is 19.7. The maximum Gasteiger partial charge on any atom is 0.253 e. The number of nitrogens with zero attached hydrogens (tertiary/aromatic N) is 1. The zero-order valence-electron chi connectivity index (χ0n) is 16.2. The van der Waals surface area contributed by atoms with Crippen LogP contribution in [0.4, 0.5) is 11.4 Å². The second-order valence-electron chi connectivity index (χ2n) is 6.96. The van der Waals surface area contributed by atoms with E-state index < -0.39 is 0 Å². The smallest absolute Gasteiger partial charge is 0.253 e. The maximum absolute atomic E-state index is 12.8. The Balaban J connectivity index is 1.75. The fraction of sp³-hybridized carbons (Fsp3) is 0.364. The molecule has 1 heterocycles. The lowest BCUT2D eigenvalue weighted by molar-refractivity contribution is -0.115. The van der Waals surface area contributed by atoms with Gasteiger partial charge in [0, 0.05) is 24.3 Å². The molecule has 0 bridgehead atoms. The SMILES string of the molecule is CCOc1ccc(C(=O)N2CCCCC2)cc1NC(=O)Cc1ccc(N)cc1. The highest BCUT2D eigenvalue weighted by Crippen LogP contribution is 2.27. The molecule has 3 rings (SSSR count). The molecule has 148 valence electrons. The van der Waals surface area contributed by atoms with Crippen LogP contribution >= 0.6 is 0 Å². The van der Waals surface area contributed by atoms with Gasteiger partial charge in [-0.1, -0.05) is 12.1 Å². The number of likely N-dealkylation sites (tertiary alicyclic amines) is 1. The summed E-state index contributed by atoms with van der Waals surface area (Å²) < 4.78 is 5.63. The van der Waals surface area contributed by atoms with E-state index in [2.05, 4.69) is 5.32 Å². The molecule has 0 unspecified atom stereocenters. The average Bonchev–Trinajstić information content (AvgIpc) is 2.71. The van der Waals surface area contributed by atoms with Gasteiger partial charge in [-0.25, -0.2) is 0 Å². The number of carbonyl (C=O) groups excluding carboxylic acids is 2. The number of hydrogen-bond donors (Lipinski definition) is 2. The lowest BCUT2D eigenvalue weighted by Crippen LogP contribution is -2.35. The summed E-state index contributed by atoms with van der Waals surface area (Å²) in [6.45, 7) is 3.92. The summed E-state index contributed by atoms with van der Waals surface area (Å²) in [6, 6.07) is 12.4. The number of nitrogens with one attached hydrogen (secondary N) is 1. The van der Waals surface area contributed by atoms with Gasteiger partial charge in [0.2, 0.25) is 5.91 Å². The molecule has 6 heteroatoms. The van der Waals surface area contributed by atoms with Crippen molar-refractivity contribution >= 4 is 23.2 Å². The summed E-state index contributed by atoms with van der Waals surface area (Å²) in [6.07, 6.45) is 3.46. The zero-order valence-corrected chi connectivity index (χ0v) is 16.2. The summed E-state index contributed by atoms with van der Waals surface area (Å²) in [4.78, 5) is 27.2. The Hall–Kier alpha value is -3.02. The van der Waals surface area contributed by atoms with Gasteiger partial charge in [-0.2, -0.15) is 0 Å². The van der Waals surface area contributed by atoms with E-state index in [1.807, 2.05) is 24.0 Å². The van der Waals surface area contributed by atoms with E-state index in [-0.39, 0.29) is 18.2 Å². The van der Waals surface area contributed by atoms with Gasteiger partial charge in [0.05, 0.1) is 18.7 Å². The van der Waals surface area contributed by atoms with Crippen LogP contribution < -0.4 is 15.8 Å². The van der Waals surface area contributed by atoms with Crippen molar-refractivity contribution in [2.45, 2.75) is 32.6 Å². The van der Waals surface area contributed by atoms with Crippen molar-refractivity contribution in [2.75, 3.05) is 30.7 Å². The molecule has 0 radical (unpaired) electrons. The number of carbonyl (C=O) groups is 2. The molecule has 0 atom stereocenters. The van der Waals surface area contributed by atoms with Gasteiger partial charge >= 0.3 is 0 Å². The molecule has 0 spiro atoms. The Kier molecular flexibility index (Phi) is 6.53. The van der Waals surface area contributed by atoms with E-state index in [1.54, 1.807) is 30.3 Å². The van der Waals surface area contributed by atoms with Crippen molar-refractivity contribution in [3.63, 3.8) is 0 Å². The summed E-state index contributed by atoms with van der Waals surface area (Å²) >= 11 is 0. The lowest BCUT2D eigenvalue weighted by atomic mass is 10.1. The van der Waals surface area contributed by atoms with Crippen molar-refractivity contribution in [1.82, 2.24) is 4.90 Å². The first-order valence-corrected chi connectivity index (χ1v) is 9.77. The van der Waals surface area contributed by atoms with Gasteiger partial charge in [-0.05, 0) is 62.1 Å². The number of hydrogen-bond acceptors (Lipinski definition) is 4. The molecular weight excluding hydrogens is 354 g/mol. The molecule has 3 N–H and O–H groups in total. The molecule has 2 aromatic carbocycles. The Labute approximate surface area is 165 Å². The first-order valence-electron chi connectivity index (χ1n) is 9.77. The van der Waals surface area contributed by atoms with Gasteiger partial charge in [-0.15, -0.1) is 0 Å². The van der Waals surface area contributed by atoms with Crippen LogP contribution in [-0.4, -0.2) is 36.4 Å². The number of piperidine rings is 1. The number of amides is 2. The van der Waals surface area contributed by atoms with Crippen LogP contribution in [-0.2, 0) is 11.2 Å². The quantitative estimate of drug-likeness (QED) is 0.751. The molecular formula is C22H27N3O3. The van der Waals surface area contributed by atoms with Crippen molar-refractivity contribution < 1.29 is 14.3 Å². The van der Waals surface area contributed by atoms with E-state index in [0.717, 1.165) is 31.5 Å². The number of ether oxygens (including phenoxy) is 1. The first-order chi connectivity index (χ1) is 13.6. The minimum atomic E-state index is -0.173. The topological polar surface area (TPSA) is 84.7 Å². The minimum absolute atomic E-state index is 0.00298. The predicted octanol–water partition coefficient (Wildman–Crippen LogP) is 3.47. The number of rotatable bonds is 6. The van der Waals surface area contributed by atoms with Crippen LogP contribution in [0.1, 0.15) is 42.1 Å². The number of nitrogens with two attached hydrogens (primary N) is 1. The predicted molar refractivity (Wildman–Crippen MR) is 111 cm³/mol. The molecule has 2 amide bonds. The second-order valence-corrected chi connectivity index (χ2v) is 6.96. The fourth-order valence-corrected chi connectivity index (χ4v) is 3.34. The van der Waals surface area contributed by atoms with Crippen LogP contribution in [0, 0.1) is 0 Å². The van der Waals surface area contributed by atoms with Gasteiger partial charge in [0.1, 0.15) is 5.75 Å². The minimum Gasteiger partial charge on any atom is -0.492 e. The van der Waals surface area contributed by atoms with Gasteiger partial charge in [0.25, 0.3) is 5.91 Å². The molecule has 0 aromatic heterocycles. The van der Waals surface area contributed by atoms with Crippen LogP contribution in [0.15, 0.2) is 42.5 Å². The molecule has 2 aromatic rings. The van der Waals surface area contributed by atoms with Gasteiger partial charge < -0.3 is 20.7 Å². The molecule has 6 nitrogen and oxygen atoms in total. The maximum atomic E-state index is 12.8. The van der Waals surface area contributed by atoms with Crippen molar-refractivity contribution in [2.24, 2.45) is 0 Å². The van der Waals surface area contributed by atoms with E-state index in [1.165, 1.54) is 6.42 Å². The summed E-state index contributed by atoms with van der Waals surface area (Å²) in [5, 5.41) is 2.89. The third-order valence-electron chi connectivity index (χ3n) is 4.79. The standard InChI is InChI=1S/C22H27N3O3/c1-2-28-20-11-8-17(22(27)25-12-4-3-5-13-25)15-19(20)24-21(26)14-16-6-9-18(23)10-7-16/h6-11,15H,2-5,12-14,23H2,1H3,(H,24,26). The monoisotopic (exact) mass is 381 g/mol. The third kappa shape index (κ3) is 5.03. The lowest BCUT2D eigenvalue weighted by Gasteiger charge is -2.27. The third-order valence-corrected chi connectivity index (χ3v) is 4.79. The van der Waals surface area contributed by atoms with Gasteiger partial charge in [-0.3, -0.25) is 9.59 Å². The van der Waals surface area contributed by atoms with Crippen molar-refractivity contribution in [3.05, 3.63) is 53.6 Å². The molecule has 1 saturated heterocycles. The Bertz CT molecular complexity index is 827. The zero-order chi connectivity index (χ0) is 19.9. The van der Waals surface area contributed by atoms with Crippen LogP contribution in [0.25, 0.3) is 0 Å². The van der Waals surface area contributed by atoms with E-state index >= 15 is 0 Å². The highest BCUT2D eigenvalue weighted by molar-refractivity contribution is 5.99. The second kappa shape index (κ2) is 9.26. The van der Waals surface area contributed by atoms with Gasteiger partial charge in [0.15, 0.2) is 0 Å². The molecule has 28 heavy (non-hydrogen) atoms. The summed E-state index contributed by atoms with van der Waals surface area (Å²) in [7, 11) is 0. The highest BCUT2D eigenvalue weighted by Gasteiger charge is 2.20.